The standard InChI is InChI=1S/C23H33F/c1-2-3-4-5-6-7-8-9-20-10-12-21(13-11-20)14-15-22-16-18-23(24)19-17-22/h16-21H,2-13H2,1H3/t20-,21-. The van der Waals surface area contributed by atoms with Crippen molar-refractivity contribution in [3.63, 3.8) is 0 Å². The van der Waals surface area contributed by atoms with Crippen LogP contribution in [0, 0.1) is 29.5 Å². The number of unbranched alkanes of at least 4 members (excludes halogenated alkanes) is 6. The number of hydrogen-bond acceptors (Lipinski definition) is 0. The van der Waals surface area contributed by atoms with Gasteiger partial charge in [0.1, 0.15) is 5.82 Å². The van der Waals surface area contributed by atoms with Gasteiger partial charge in [-0.15, -0.1) is 0 Å². The quantitative estimate of drug-likeness (QED) is 0.352. The van der Waals surface area contributed by atoms with Crippen molar-refractivity contribution in [2.24, 2.45) is 11.8 Å². The molecule has 0 aromatic heterocycles. The Bertz CT molecular complexity index is 497. The van der Waals surface area contributed by atoms with E-state index in [1.165, 1.54) is 89.2 Å². The Labute approximate surface area is 148 Å². The van der Waals surface area contributed by atoms with Gasteiger partial charge < -0.3 is 0 Å². The van der Waals surface area contributed by atoms with Gasteiger partial charge in [-0.05, 0) is 55.9 Å². The molecule has 0 atom stereocenters. The summed E-state index contributed by atoms with van der Waals surface area (Å²) >= 11 is 0. The molecule has 0 heterocycles. The van der Waals surface area contributed by atoms with E-state index >= 15 is 0 Å². The van der Waals surface area contributed by atoms with Gasteiger partial charge in [-0.2, -0.15) is 0 Å². The fourth-order valence-corrected chi connectivity index (χ4v) is 3.70. The second-order valence-corrected chi connectivity index (χ2v) is 7.40. The van der Waals surface area contributed by atoms with Crippen molar-refractivity contribution in [2.75, 3.05) is 0 Å². The molecule has 0 amide bonds. The zero-order valence-corrected chi connectivity index (χ0v) is 15.3. The van der Waals surface area contributed by atoms with E-state index in [-0.39, 0.29) is 5.82 Å². The summed E-state index contributed by atoms with van der Waals surface area (Å²) in [4.78, 5) is 0. The van der Waals surface area contributed by atoms with Crippen LogP contribution >= 0.6 is 0 Å². The topological polar surface area (TPSA) is 0 Å². The maximum Gasteiger partial charge on any atom is 0.123 e. The first-order valence-corrected chi connectivity index (χ1v) is 10.0. The normalized spacial score (nSPS) is 20.4. The van der Waals surface area contributed by atoms with Crippen LogP contribution in [-0.4, -0.2) is 0 Å². The van der Waals surface area contributed by atoms with Crippen molar-refractivity contribution in [1.82, 2.24) is 0 Å². The van der Waals surface area contributed by atoms with Crippen LogP contribution in [0.25, 0.3) is 0 Å². The Morgan fingerprint density at radius 2 is 1.50 bits per heavy atom. The minimum Gasteiger partial charge on any atom is -0.207 e. The molecule has 0 saturated heterocycles. The molecule has 1 aromatic carbocycles. The van der Waals surface area contributed by atoms with E-state index in [1.807, 2.05) is 0 Å². The molecule has 132 valence electrons. The highest BCUT2D eigenvalue weighted by atomic mass is 19.1. The largest absolute Gasteiger partial charge is 0.207 e. The zero-order valence-electron chi connectivity index (χ0n) is 15.3. The van der Waals surface area contributed by atoms with Crippen LogP contribution in [-0.2, 0) is 0 Å². The lowest BCUT2D eigenvalue weighted by Gasteiger charge is -2.25. The number of benzene rings is 1. The molecule has 0 spiro atoms. The Kier molecular flexibility index (Phi) is 8.96. The fourth-order valence-electron chi connectivity index (χ4n) is 3.70. The van der Waals surface area contributed by atoms with Gasteiger partial charge in [-0.1, -0.05) is 70.1 Å². The first kappa shape index (κ1) is 19.0. The third kappa shape index (κ3) is 7.52. The van der Waals surface area contributed by atoms with Crippen LogP contribution in [0.2, 0.25) is 0 Å². The summed E-state index contributed by atoms with van der Waals surface area (Å²) in [5.74, 6) is 7.91. The molecule has 1 heteroatoms. The van der Waals surface area contributed by atoms with Crippen LogP contribution < -0.4 is 0 Å². The average Bonchev–Trinajstić information content (AvgIpc) is 2.61. The lowest BCUT2D eigenvalue weighted by Crippen LogP contribution is -2.13. The average molecular weight is 329 g/mol. The molecule has 1 aliphatic carbocycles. The molecule has 1 aliphatic rings. The molecule has 0 bridgehead atoms. The van der Waals surface area contributed by atoms with Crippen molar-refractivity contribution in [3.8, 4) is 11.8 Å². The highest BCUT2D eigenvalue weighted by molar-refractivity contribution is 5.34. The van der Waals surface area contributed by atoms with Crippen LogP contribution in [0.5, 0.6) is 0 Å². The van der Waals surface area contributed by atoms with Gasteiger partial charge in [0.05, 0.1) is 0 Å². The minimum atomic E-state index is -0.188. The molecule has 1 saturated carbocycles. The number of halogens is 1. The van der Waals surface area contributed by atoms with E-state index in [0.717, 1.165) is 11.5 Å². The van der Waals surface area contributed by atoms with Gasteiger partial charge in [0.25, 0.3) is 0 Å². The highest BCUT2D eigenvalue weighted by Gasteiger charge is 2.19. The maximum absolute atomic E-state index is 12.9. The molecule has 24 heavy (non-hydrogen) atoms. The van der Waals surface area contributed by atoms with E-state index in [0.29, 0.717) is 5.92 Å². The van der Waals surface area contributed by atoms with E-state index in [4.69, 9.17) is 0 Å². The lowest BCUT2D eigenvalue weighted by atomic mass is 9.80. The molecule has 1 fully saturated rings. The predicted molar refractivity (Wildman–Crippen MR) is 101 cm³/mol. The van der Waals surface area contributed by atoms with Crippen molar-refractivity contribution < 1.29 is 4.39 Å². The van der Waals surface area contributed by atoms with Crippen molar-refractivity contribution in [1.29, 1.82) is 0 Å². The van der Waals surface area contributed by atoms with E-state index < -0.39 is 0 Å². The van der Waals surface area contributed by atoms with Gasteiger partial charge in [0, 0.05) is 11.5 Å². The summed E-state index contributed by atoms with van der Waals surface area (Å²) in [6.45, 7) is 2.28. The maximum atomic E-state index is 12.9. The van der Waals surface area contributed by atoms with Gasteiger partial charge in [-0.3, -0.25) is 0 Å². The molecule has 0 radical (unpaired) electrons. The molecule has 0 aliphatic heterocycles. The summed E-state index contributed by atoms with van der Waals surface area (Å²) in [6, 6.07) is 6.52. The first-order chi connectivity index (χ1) is 11.8. The molecule has 2 rings (SSSR count). The van der Waals surface area contributed by atoms with E-state index in [2.05, 4.69) is 18.8 Å². The third-order valence-electron chi connectivity index (χ3n) is 5.33. The molecular formula is C23H33F. The smallest absolute Gasteiger partial charge is 0.123 e. The van der Waals surface area contributed by atoms with Crippen molar-refractivity contribution in [2.45, 2.75) is 84.0 Å². The molecule has 0 unspecified atom stereocenters. The van der Waals surface area contributed by atoms with Crippen LogP contribution in [0.3, 0.4) is 0 Å². The molecule has 0 nitrogen and oxygen atoms in total. The minimum absolute atomic E-state index is 0.188. The summed E-state index contributed by atoms with van der Waals surface area (Å²) in [7, 11) is 0. The van der Waals surface area contributed by atoms with E-state index in [1.54, 1.807) is 12.1 Å². The summed E-state index contributed by atoms with van der Waals surface area (Å²) in [5, 5.41) is 0. The molecular weight excluding hydrogens is 295 g/mol. The van der Waals surface area contributed by atoms with Crippen LogP contribution in [0.15, 0.2) is 24.3 Å². The Morgan fingerprint density at radius 3 is 2.17 bits per heavy atom. The van der Waals surface area contributed by atoms with Gasteiger partial charge in [0.15, 0.2) is 0 Å². The SMILES string of the molecule is CCCCCCCCC[C@H]1CC[C@H](C#Cc2ccc(F)cc2)CC1. The first-order valence-electron chi connectivity index (χ1n) is 10.0. The molecule has 0 N–H and O–H groups in total. The summed E-state index contributed by atoms with van der Waals surface area (Å²) < 4.78 is 12.9. The van der Waals surface area contributed by atoms with Crippen LogP contribution in [0.4, 0.5) is 4.39 Å². The fraction of sp³-hybridized carbons (Fsp3) is 0.652. The molecule has 1 aromatic rings. The van der Waals surface area contributed by atoms with Crippen LogP contribution in [0.1, 0.15) is 89.5 Å². The van der Waals surface area contributed by atoms with Gasteiger partial charge >= 0.3 is 0 Å². The van der Waals surface area contributed by atoms with Gasteiger partial charge in [-0.25, -0.2) is 4.39 Å². The second-order valence-electron chi connectivity index (χ2n) is 7.40. The van der Waals surface area contributed by atoms with E-state index in [9.17, 15) is 4.39 Å². The van der Waals surface area contributed by atoms with Crippen molar-refractivity contribution in [3.05, 3.63) is 35.6 Å². The second kappa shape index (κ2) is 11.3. The Hall–Kier alpha value is -1.29. The number of rotatable bonds is 8. The predicted octanol–water partition coefficient (Wildman–Crippen LogP) is 7.12. The van der Waals surface area contributed by atoms with Crippen molar-refractivity contribution >= 4 is 0 Å². The highest BCUT2D eigenvalue weighted by Crippen LogP contribution is 2.31. The third-order valence-corrected chi connectivity index (χ3v) is 5.33. The monoisotopic (exact) mass is 328 g/mol. The Morgan fingerprint density at radius 1 is 0.875 bits per heavy atom. The lowest BCUT2D eigenvalue weighted by molar-refractivity contribution is 0.293. The summed E-state index contributed by atoms with van der Waals surface area (Å²) in [5.41, 5.74) is 0.932. The Balaban J connectivity index is 1.57. The van der Waals surface area contributed by atoms with Gasteiger partial charge in [0.2, 0.25) is 0 Å². The zero-order chi connectivity index (χ0) is 17.0. The summed E-state index contributed by atoms with van der Waals surface area (Å²) in [6.07, 6.45) is 16.5. The number of hydrogen-bond donors (Lipinski definition) is 0.